The molecule has 0 aromatic rings. The van der Waals surface area contributed by atoms with E-state index >= 15 is 0 Å². The van der Waals surface area contributed by atoms with Crippen LogP contribution in [0.1, 0.15) is 41.5 Å². The Morgan fingerprint density at radius 3 is 2.30 bits per heavy atom. The highest BCUT2D eigenvalue weighted by atomic mass is 19.1. The summed E-state index contributed by atoms with van der Waals surface area (Å²) in [6.45, 7) is 10.7. The van der Waals surface area contributed by atoms with Crippen LogP contribution in [0.15, 0.2) is 11.9 Å². The summed E-state index contributed by atoms with van der Waals surface area (Å²) in [5, 5.41) is 0. The van der Waals surface area contributed by atoms with Crippen LogP contribution in [0.5, 0.6) is 0 Å². The SMILES string of the molecule is CCOC(=O)C1C(C=C(F)C(=O)OC(C)(C)C)C1(C)C. The first-order valence-electron chi connectivity index (χ1n) is 6.78. The molecule has 0 saturated heterocycles. The summed E-state index contributed by atoms with van der Waals surface area (Å²) in [6, 6.07) is 0. The number of hydrogen-bond donors (Lipinski definition) is 0. The fraction of sp³-hybridized carbons (Fsp3) is 0.733. The number of carbonyl (C=O) groups is 2. The maximum Gasteiger partial charge on any atom is 0.367 e. The molecule has 0 radical (unpaired) electrons. The van der Waals surface area contributed by atoms with E-state index in [1.54, 1.807) is 27.7 Å². The maximum absolute atomic E-state index is 13.8. The minimum atomic E-state index is -0.997. The van der Waals surface area contributed by atoms with Crippen LogP contribution in [-0.4, -0.2) is 24.1 Å². The van der Waals surface area contributed by atoms with E-state index in [-0.39, 0.29) is 18.5 Å². The van der Waals surface area contributed by atoms with Gasteiger partial charge in [0.1, 0.15) is 5.60 Å². The summed E-state index contributed by atoms with van der Waals surface area (Å²) >= 11 is 0. The maximum atomic E-state index is 13.8. The van der Waals surface area contributed by atoms with Gasteiger partial charge in [-0.25, -0.2) is 4.79 Å². The Bertz CT molecular complexity index is 432. The van der Waals surface area contributed by atoms with Crippen molar-refractivity contribution in [3.8, 4) is 0 Å². The second-order valence-corrected chi connectivity index (χ2v) is 6.59. The number of ether oxygens (including phenoxy) is 2. The Morgan fingerprint density at radius 2 is 1.85 bits per heavy atom. The molecule has 1 rings (SSSR count). The molecule has 5 heteroatoms. The molecule has 114 valence electrons. The van der Waals surface area contributed by atoms with E-state index in [4.69, 9.17) is 9.47 Å². The number of allylic oxidation sites excluding steroid dienone is 1. The Labute approximate surface area is 119 Å². The predicted octanol–water partition coefficient (Wildman–Crippen LogP) is 3.02. The van der Waals surface area contributed by atoms with E-state index in [1.165, 1.54) is 6.08 Å². The third-order valence-corrected chi connectivity index (χ3v) is 3.37. The Morgan fingerprint density at radius 1 is 1.30 bits per heavy atom. The molecule has 0 aliphatic heterocycles. The Hall–Kier alpha value is -1.39. The van der Waals surface area contributed by atoms with Crippen molar-refractivity contribution in [3.63, 3.8) is 0 Å². The predicted molar refractivity (Wildman–Crippen MR) is 72.4 cm³/mol. The summed E-state index contributed by atoms with van der Waals surface area (Å²) in [6.07, 6.45) is 1.18. The molecule has 2 unspecified atom stereocenters. The van der Waals surface area contributed by atoms with Crippen molar-refractivity contribution >= 4 is 11.9 Å². The van der Waals surface area contributed by atoms with Gasteiger partial charge < -0.3 is 9.47 Å². The minimum Gasteiger partial charge on any atom is -0.466 e. The van der Waals surface area contributed by atoms with Crippen molar-refractivity contribution in [1.29, 1.82) is 0 Å². The molecule has 4 nitrogen and oxygen atoms in total. The number of rotatable bonds is 4. The number of esters is 2. The topological polar surface area (TPSA) is 52.6 Å². The van der Waals surface area contributed by atoms with Crippen molar-refractivity contribution in [2.24, 2.45) is 17.3 Å². The molecular weight excluding hydrogens is 263 g/mol. The third-order valence-electron chi connectivity index (χ3n) is 3.37. The number of halogens is 1. The van der Waals surface area contributed by atoms with E-state index in [1.807, 2.05) is 13.8 Å². The van der Waals surface area contributed by atoms with Crippen LogP contribution < -0.4 is 0 Å². The monoisotopic (exact) mass is 286 g/mol. The van der Waals surface area contributed by atoms with Gasteiger partial charge in [0.2, 0.25) is 5.83 Å². The van der Waals surface area contributed by atoms with Gasteiger partial charge in [0.25, 0.3) is 0 Å². The van der Waals surface area contributed by atoms with Gasteiger partial charge in [-0.05, 0) is 45.1 Å². The van der Waals surface area contributed by atoms with E-state index in [2.05, 4.69) is 0 Å². The van der Waals surface area contributed by atoms with Crippen LogP contribution in [0, 0.1) is 17.3 Å². The van der Waals surface area contributed by atoms with Gasteiger partial charge in [-0.1, -0.05) is 13.8 Å². The van der Waals surface area contributed by atoms with Gasteiger partial charge in [-0.15, -0.1) is 0 Å². The molecule has 20 heavy (non-hydrogen) atoms. The molecular formula is C15H23FO4. The highest BCUT2D eigenvalue weighted by molar-refractivity contribution is 5.87. The van der Waals surface area contributed by atoms with Crippen molar-refractivity contribution in [1.82, 2.24) is 0 Å². The fourth-order valence-corrected chi connectivity index (χ4v) is 2.22. The molecule has 0 aromatic carbocycles. The molecule has 0 N–H and O–H groups in total. The van der Waals surface area contributed by atoms with Crippen LogP contribution in [-0.2, 0) is 19.1 Å². The molecule has 0 amide bonds. The highest BCUT2D eigenvalue weighted by Gasteiger charge is 2.61. The fourth-order valence-electron chi connectivity index (χ4n) is 2.22. The highest BCUT2D eigenvalue weighted by Crippen LogP contribution is 2.59. The van der Waals surface area contributed by atoms with E-state index < -0.39 is 28.7 Å². The van der Waals surface area contributed by atoms with Crippen LogP contribution in [0.2, 0.25) is 0 Å². The molecule has 1 fully saturated rings. The first-order valence-corrected chi connectivity index (χ1v) is 6.78. The Kier molecular flexibility index (Phi) is 4.62. The van der Waals surface area contributed by atoms with Crippen LogP contribution >= 0.6 is 0 Å². The lowest BCUT2D eigenvalue weighted by Crippen LogP contribution is -2.24. The molecule has 0 heterocycles. The minimum absolute atomic E-state index is 0.288. The normalized spacial score (nSPS) is 25.1. The van der Waals surface area contributed by atoms with Gasteiger partial charge in [0.05, 0.1) is 12.5 Å². The summed E-state index contributed by atoms with van der Waals surface area (Å²) in [7, 11) is 0. The quantitative estimate of drug-likeness (QED) is 0.589. The van der Waals surface area contributed by atoms with Crippen molar-refractivity contribution < 1.29 is 23.5 Å². The zero-order valence-corrected chi connectivity index (χ0v) is 13.0. The lowest BCUT2D eigenvalue weighted by molar-refractivity contribution is -0.152. The zero-order chi connectivity index (χ0) is 15.7. The van der Waals surface area contributed by atoms with Crippen molar-refractivity contribution in [2.45, 2.75) is 47.1 Å². The Balaban J connectivity index is 2.75. The van der Waals surface area contributed by atoms with Gasteiger partial charge in [-0.2, -0.15) is 4.39 Å². The van der Waals surface area contributed by atoms with Gasteiger partial charge in [0, 0.05) is 0 Å². The summed E-state index contributed by atoms with van der Waals surface area (Å²) in [5.74, 6) is -3.05. The standard InChI is InChI=1S/C15H23FO4/c1-7-19-13(18)11-9(15(11,5)6)8-10(16)12(17)20-14(2,3)4/h8-9,11H,7H2,1-6H3. The van der Waals surface area contributed by atoms with Crippen molar-refractivity contribution in [2.75, 3.05) is 6.61 Å². The zero-order valence-electron chi connectivity index (χ0n) is 13.0. The van der Waals surface area contributed by atoms with E-state index in [0.717, 1.165) is 0 Å². The molecule has 1 saturated carbocycles. The van der Waals surface area contributed by atoms with Gasteiger partial charge in [-0.3, -0.25) is 4.79 Å². The second kappa shape index (κ2) is 5.54. The first-order chi connectivity index (χ1) is 9.00. The van der Waals surface area contributed by atoms with Crippen molar-refractivity contribution in [3.05, 3.63) is 11.9 Å². The molecule has 2 atom stereocenters. The molecule has 0 spiro atoms. The number of hydrogen-bond acceptors (Lipinski definition) is 4. The van der Waals surface area contributed by atoms with Gasteiger partial charge in [0.15, 0.2) is 0 Å². The average Bonchev–Trinajstić information content (AvgIpc) is 2.78. The lowest BCUT2D eigenvalue weighted by atomic mass is 10.1. The summed E-state index contributed by atoms with van der Waals surface area (Å²) < 4.78 is 23.7. The van der Waals surface area contributed by atoms with Crippen LogP contribution in [0.4, 0.5) is 4.39 Å². The first kappa shape index (κ1) is 16.7. The second-order valence-electron chi connectivity index (χ2n) is 6.59. The molecule has 1 aliphatic rings. The summed E-state index contributed by atoms with van der Waals surface area (Å²) in [4.78, 5) is 23.3. The number of carbonyl (C=O) groups excluding carboxylic acids is 2. The lowest BCUT2D eigenvalue weighted by Gasteiger charge is -2.18. The van der Waals surface area contributed by atoms with E-state index in [9.17, 15) is 14.0 Å². The average molecular weight is 286 g/mol. The molecule has 0 bridgehead atoms. The van der Waals surface area contributed by atoms with Crippen LogP contribution in [0.3, 0.4) is 0 Å². The van der Waals surface area contributed by atoms with Crippen LogP contribution in [0.25, 0.3) is 0 Å². The molecule has 1 aliphatic carbocycles. The smallest absolute Gasteiger partial charge is 0.367 e. The molecule has 0 aromatic heterocycles. The summed E-state index contributed by atoms with van der Waals surface area (Å²) in [5.41, 5.74) is -1.15. The van der Waals surface area contributed by atoms with Gasteiger partial charge >= 0.3 is 11.9 Å². The third kappa shape index (κ3) is 3.81. The van der Waals surface area contributed by atoms with E-state index in [0.29, 0.717) is 0 Å². The largest absolute Gasteiger partial charge is 0.466 e.